The average molecular weight is 327 g/mol. The number of ether oxygens (including phenoxy) is 1. The fourth-order valence-electron chi connectivity index (χ4n) is 3.07. The van der Waals surface area contributed by atoms with Crippen molar-refractivity contribution in [2.45, 2.75) is 26.2 Å². The molecule has 0 spiro atoms. The zero-order valence-corrected chi connectivity index (χ0v) is 13.3. The average Bonchev–Trinajstić information content (AvgIpc) is 2.57. The summed E-state index contributed by atoms with van der Waals surface area (Å²) in [6, 6.07) is 6.50. The van der Waals surface area contributed by atoms with Gasteiger partial charge in [-0.1, -0.05) is 37.6 Å². The van der Waals surface area contributed by atoms with Crippen LogP contribution in [-0.2, 0) is 4.74 Å². The van der Waals surface area contributed by atoms with E-state index in [1.807, 2.05) is 6.92 Å². The molecule has 1 aromatic carbocycles. The number of hydrogen-bond acceptors (Lipinski definition) is 5. The molecule has 0 saturated heterocycles. The van der Waals surface area contributed by atoms with Gasteiger partial charge in [-0.3, -0.25) is 19.7 Å². The first-order valence-electron chi connectivity index (χ1n) is 7.95. The third-order valence-electron chi connectivity index (χ3n) is 4.23. The minimum Gasteiger partial charge on any atom is -0.457 e. The number of hydrogen-bond donors (Lipinski definition) is 0. The molecule has 0 aromatic heterocycles. The molecular weight excluding hydrogens is 310 g/mol. The van der Waals surface area contributed by atoms with Crippen LogP contribution in [0.25, 0.3) is 0 Å². The summed E-state index contributed by atoms with van der Waals surface area (Å²) in [7, 11) is 0. The van der Waals surface area contributed by atoms with Gasteiger partial charge in [0.05, 0.1) is 11.5 Å². The second-order valence-corrected chi connectivity index (χ2v) is 5.91. The van der Waals surface area contributed by atoms with Crippen LogP contribution < -0.4 is 0 Å². The van der Waals surface area contributed by atoms with Gasteiger partial charge in [0.2, 0.25) is 12.3 Å². The van der Waals surface area contributed by atoms with Gasteiger partial charge < -0.3 is 4.74 Å². The van der Waals surface area contributed by atoms with Gasteiger partial charge in [0.25, 0.3) is 0 Å². The summed E-state index contributed by atoms with van der Waals surface area (Å²) in [5.74, 6) is -0.990. The maximum Gasteiger partial charge on any atom is 0.229 e. The predicted molar refractivity (Wildman–Crippen MR) is 86.2 cm³/mol. The highest BCUT2D eigenvalue weighted by Crippen LogP contribution is 2.37. The Morgan fingerprint density at radius 2 is 1.83 bits per heavy atom. The van der Waals surface area contributed by atoms with Crippen LogP contribution in [0.3, 0.4) is 0 Å². The zero-order chi connectivity index (χ0) is 17.3. The van der Waals surface area contributed by atoms with E-state index in [1.54, 1.807) is 30.3 Å². The predicted octanol–water partition coefficient (Wildman–Crippen LogP) is 3.32. The Morgan fingerprint density at radius 1 is 1.17 bits per heavy atom. The molecule has 0 bridgehead atoms. The molecule has 0 N–H and O–H groups in total. The number of fused-ring (bicyclic) bond motifs is 1. The zero-order valence-electron chi connectivity index (χ0n) is 13.3. The van der Waals surface area contributed by atoms with Gasteiger partial charge in [0.1, 0.15) is 5.76 Å². The van der Waals surface area contributed by atoms with Crippen LogP contribution in [0.1, 0.15) is 46.9 Å². The number of ketones is 2. The molecule has 6 nitrogen and oxygen atoms in total. The van der Waals surface area contributed by atoms with Crippen molar-refractivity contribution < 1.29 is 19.2 Å². The van der Waals surface area contributed by atoms with Gasteiger partial charge >= 0.3 is 0 Å². The fraction of sp³-hybridized carbons (Fsp3) is 0.333. The van der Waals surface area contributed by atoms with Crippen LogP contribution in [0.2, 0.25) is 0 Å². The molecule has 1 heterocycles. The number of allylic oxidation sites excluding steroid dienone is 2. The monoisotopic (exact) mass is 327 g/mol. The minimum absolute atomic E-state index is 0.0425. The number of Topliss-reactive ketones (excluding diaryl/α,β-unsaturated/α-hetero) is 2. The molecule has 1 aliphatic heterocycles. The van der Waals surface area contributed by atoms with E-state index in [0.29, 0.717) is 12.2 Å². The first-order chi connectivity index (χ1) is 11.5. The van der Waals surface area contributed by atoms with Crippen LogP contribution >= 0.6 is 0 Å². The van der Waals surface area contributed by atoms with Crippen LogP contribution in [0.15, 0.2) is 47.4 Å². The third-order valence-corrected chi connectivity index (χ3v) is 4.23. The second-order valence-electron chi connectivity index (χ2n) is 5.91. The summed E-state index contributed by atoms with van der Waals surface area (Å²) in [5.41, 5.74) is 0.678. The maximum atomic E-state index is 12.8. The van der Waals surface area contributed by atoms with Crippen LogP contribution in [0, 0.1) is 16.0 Å². The molecule has 3 rings (SSSR count). The van der Waals surface area contributed by atoms with Gasteiger partial charge in [-0.2, -0.15) is 0 Å². The lowest BCUT2D eigenvalue weighted by atomic mass is 9.80. The van der Waals surface area contributed by atoms with Gasteiger partial charge in [-0.15, -0.1) is 0 Å². The van der Waals surface area contributed by atoms with Crippen molar-refractivity contribution in [1.29, 1.82) is 0 Å². The van der Waals surface area contributed by atoms with E-state index in [2.05, 4.69) is 0 Å². The van der Waals surface area contributed by atoms with Gasteiger partial charge in [0, 0.05) is 22.5 Å². The summed E-state index contributed by atoms with van der Waals surface area (Å²) in [5, 5.41) is 11.0. The van der Waals surface area contributed by atoms with Crippen molar-refractivity contribution in [2.24, 2.45) is 5.92 Å². The lowest BCUT2D eigenvalue weighted by Crippen LogP contribution is -2.32. The Labute approximate surface area is 139 Å². The molecule has 0 radical (unpaired) electrons. The number of rotatable bonds is 5. The first-order valence-corrected chi connectivity index (χ1v) is 7.95. The van der Waals surface area contributed by atoms with E-state index in [9.17, 15) is 19.7 Å². The molecule has 24 heavy (non-hydrogen) atoms. The summed E-state index contributed by atoms with van der Waals surface area (Å²) in [4.78, 5) is 36.0. The highest BCUT2D eigenvalue weighted by molar-refractivity contribution is 6.26. The van der Waals surface area contributed by atoms with Crippen molar-refractivity contribution in [3.05, 3.63) is 68.7 Å². The topological polar surface area (TPSA) is 86.5 Å². The summed E-state index contributed by atoms with van der Waals surface area (Å²) in [6.45, 7) is 1.59. The Hall–Kier alpha value is -2.76. The Kier molecular flexibility index (Phi) is 4.29. The molecule has 6 heteroatoms. The Balaban J connectivity index is 2.05. The largest absolute Gasteiger partial charge is 0.457 e. The van der Waals surface area contributed by atoms with E-state index in [1.165, 1.54) is 0 Å². The molecule has 124 valence electrons. The number of benzene rings is 1. The Morgan fingerprint density at radius 3 is 2.46 bits per heavy atom. The van der Waals surface area contributed by atoms with Crippen molar-refractivity contribution in [1.82, 2.24) is 0 Å². The van der Waals surface area contributed by atoms with Crippen molar-refractivity contribution >= 4 is 11.6 Å². The van der Waals surface area contributed by atoms with Crippen LogP contribution in [0.5, 0.6) is 0 Å². The number of nitrogens with zero attached hydrogens (tertiary/aromatic N) is 1. The number of carbonyl (C=O) groups excluding carboxylic acids is 2. The summed E-state index contributed by atoms with van der Waals surface area (Å²) < 4.78 is 5.69. The maximum absolute atomic E-state index is 12.8. The van der Waals surface area contributed by atoms with E-state index in [4.69, 9.17) is 4.74 Å². The standard InChI is InChI=1S/C18H17NO5/c1-2-3-6-12-9-11(10-19(22)23)15-16(20)13-7-4-5-8-14(13)17(21)18(15)24-12/h4-5,7-9,11H,2-3,6,10H2,1H3/t11-/m0/s1. The molecule has 0 amide bonds. The van der Waals surface area contributed by atoms with Crippen LogP contribution in [-0.4, -0.2) is 23.0 Å². The van der Waals surface area contributed by atoms with Gasteiger partial charge in [0.15, 0.2) is 11.5 Å². The van der Waals surface area contributed by atoms with Crippen molar-refractivity contribution in [3.63, 3.8) is 0 Å². The normalized spacial score (nSPS) is 19.4. The number of unbranched alkanes of at least 4 members (excludes halogenated alkanes) is 1. The quantitative estimate of drug-likeness (QED) is 0.611. The van der Waals surface area contributed by atoms with Crippen molar-refractivity contribution in [2.75, 3.05) is 6.54 Å². The minimum atomic E-state index is -0.736. The lowest BCUT2D eigenvalue weighted by molar-refractivity contribution is -0.484. The van der Waals surface area contributed by atoms with E-state index < -0.39 is 17.4 Å². The molecule has 1 aliphatic carbocycles. The molecule has 0 fully saturated rings. The Bertz CT molecular complexity index is 790. The molecule has 1 aromatic rings. The number of nitro groups is 1. The van der Waals surface area contributed by atoms with Crippen molar-refractivity contribution in [3.8, 4) is 0 Å². The number of carbonyl (C=O) groups is 2. The van der Waals surface area contributed by atoms with E-state index in [-0.39, 0.29) is 34.0 Å². The SMILES string of the molecule is CCCCC1=C[C@@H](C[N+](=O)[O-])C2=C(O1)C(=O)c1ccccc1C2=O. The van der Waals surface area contributed by atoms with Crippen LogP contribution in [0.4, 0.5) is 0 Å². The summed E-state index contributed by atoms with van der Waals surface area (Å²) in [6.07, 6.45) is 3.99. The van der Waals surface area contributed by atoms with E-state index in [0.717, 1.165) is 12.8 Å². The van der Waals surface area contributed by atoms with Gasteiger partial charge in [-0.05, 0) is 12.5 Å². The third kappa shape index (κ3) is 2.75. The molecule has 1 atom stereocenters. The smallest absolute Gasteiger partial charge is 0.229 e. The highest BCUT2D eigenvalue weighted by Gasteiger charge is 2.41. The molecular formula is C18H17NO5. The summed E-state index contributed by atoms with van der Waals surface area (Å²) >= 11 is 0. The molecule has 0 unspecified atom stereocenters. The fourth-order valence-corrected chi connectivity index (χ4v) is 3.07. The molecule has 2 aliphatic rings. The molecule has 0 saturated carbocycles. The lowest BCUT2D eigenvalue weighted by Gasteiger charge is -2.28. The second kappa shape index (κ2) is 6.39. The van der Waals surface area contributed by atoms with E-state index >= 15 is 0 Å². The highest BCUT2D eigenvalue weighted by atomic mass is 16.6. The van der Waals surface area contributed by atoms with Gasteiger partial charge in [-0.25, -0.2) is 0 Å². The first kappa shape index (κ1) is 16.1.